The van der Waals surface area contributed by atoms with Gasteiger partial charge in [0.2, 0.25) is 0 Å². The van der Waals surface area contributed by atoms with Gasteiger partial charge in [0, 0.05) is 20.5 Å². The molecule has 0 radical (unpaired) electrons. The van der Waals surface area contributed by atoms with Gasteiger partial charge in [-0.2, -0.15) is 0 Å². The number of halogens is 3. The van der Waals surface area contributed by atoms with Crippen molar-refractivity contribution < 1.29 is 5.11 Å². The molecule has 4 N–H and O–H groups in total. The molecule has 1 aliphatic carbocycles. The molecule has 3 nitrogen and oxygen atoms in total. The summed E-state index contributed by atoms with van der Waals surface area (Å²) >= 11 is 18.4. The number of nitrogens with one attached hydrogen (secondary N) is 1. The number of hydrogen-bond donors (Lipinski definition) is 3. The van der Waals surface area contributed by atoms with Crippen LogP contribution < -0.4 is 11.3 Å². The maximum absolute atomic E-state index is 9.73. The van der Waals surface area contributed by atoms with Gasteiger partial charge in [-0.05, 0) is 36.6 Å². The second-order valence-electron chi connectivity index (χ2n) is 4.89. The van der Waals surface area contributed by atoms with E-state index in [4.69, 9.17) is 40.6 Å². The first-order chi connectivity index (χ1) is 9.49. The zero-order valence-corrected chi connectivity index (χ0v) is 12.9. The van der Waals surface area contributed by atoms with Crippen LogP contribution in [-0.2, 0) is 6.42 Å². The van der Waals surface area contributed by atoms with Crippen molar-refractivity contribution >= 4 is 40.5 Å². The molecule has 1 atom stereocenters. The van der Waals surface area contributed by atoms with Crippen LogP contribution in [0.25, 0.3) is 0 Å². The van der Waals surface area contributed by atoms with E-state index in [1.807, 2.05) is 12.2 Å². The smallest absolute Gasteiger partial charge is 0.0528 e. The number of benzene rings is 1. The predicted octanol–water partition coefficient (Wildman–Crippen LogP) is 3.88. The van der Waals surface area contributed by atoms with Crippen LogP contribution in [0.3, 0.4) is 0 Å². The summed E-state index contributed by atoms with van der Waals surface area (Å²) in [6, 6.07) is 3.42. The minimum absolute atomic E-state index is 0.00623. The monoisotopic (exact) mass is 332 g/mol. The Morgan fingerprint density at radius 2 is 1.90 bits per heavy atom. The second kappa shape index (κ2) is 6.37. The Morgan fingerprint density at radius 3 is 2.35 bits per heavy atom. The van der Waals surface area contributed by atoms with Crippen molar-refractivity contribution in [2.45, 2.75) is 12.8 Å². The van der Waals surface area contributed by atoms with Crippen LogP contribution in [0.1, 0.15) is 12.0 Å². The van der Waals surface area contributed by atoms with Crippen LogP contribution in [0.4, 0.5) is 5.69 Å². The number of nitrogen functional groups attached to an aromatic ring is 1. The highest BCUT2D eigenvalue weighted by Gasteiger charge is 2.29. The van der Waals surface area contributed by atoms with E-state index in [9.17, 15) is 5.11 Å². The number of aliphatic hydroxyl groups is 1. The molecule has 1 aromatic rings. The SMILES string of the molecule is NNc1cc(Cl)c(CC2(CO)C=CC(Cl)=CC2)c(Cl)c1. The van der Waals surface area contributed by atoms with Gasteiger partial charge in [-0.15, -0.1) is 0 Å². The molecular formula is C14H15Cl3N2O. The van der Waals surface area contributed by atoms with Crippen molar-refractivity contribution in [1.29, 1.82) is 0 Å². The molecule has 0 fully saturated rings. The number of aliphatic hydroxyl groups excluding tert-OH is 1. The van der Waals surface area contributed by atoms with Crippen LogP contribution in [-0.4, -0.2) is 11.7 Å². The first-order valence-corrected chi connectivity index (χ1v) is 7.23. The standard InChI is InChI=1S/C14H15Cl3N2O/c15-9-1-3-14(8-20,4-2-9)7-11-12(16)5-10(19-18)6-13(11)17/h1-3,5-6,19-20H,4,7-8,18H2. The third-order valence-electron chi connectivity index (χ3n) is 3.45. The molecule has 0 aliphatic heterocycles. The van der Waals surface area contributed by atoms with Crippen molar-refractivity contribution in [3.63, 3.8) is 0 Å². The molecule has 1 unspecified atom stereocenters. The van der Waals surface area contributed by atoms with Crippen LogP contribution in [0, 0.1) is 5.41 Å². The van der Waals surface area contributed by atoms with Crippen molar-refractivity contribution in [2.24, 2.45) is 11.3 Å². The maximum atomic E-state index is 9.73. The van der Waals surface area contributed by atoms with Gasteiger partial charge in [-0.3, -0.25) is 5.84 Å². The Kier molecular flexibility index (Phi) is 4.99. The summed E-state index contributed by atoms with van der Waals surface area (Å²) in [7, 11) is 0. The normalized spacial score (nSPS) is 21.8. The highest BCUT2D eigenvalue weighted by atomic mass is 35.5. The van der Waals surface area contributed by atoms with Gasteiger partial charge in [-0.25, -0.2) is 0 Å². The Morgan fingerprint density at radius 1 is 1.25 bits per heavy atom. The van der Waals surface area contributed by atoms with E-state index in [1.54, 1.807) is 18.2 Å². The average Bonchev–Trinajstić information content (AvgIpc) is 2.45. The number of hydrogen-bond acceptors (Lipinski definition) is 3. The summed E-state index contributed by atoms with van der Waals surface area (Å²) < 4.78 is 0. The van der Waals surface area contributed by atoms with Gasteiger partial charge in [-0.1, -0.05) is 47.0 Å². The molecule has 6 heteroatoms. The molecule has 0 amide bonds. The lowest BCUT2D eigenvalue weighted by atomic mass is 9.77. The summed E-state index contributed by atoms with van der Waals surface area (Å²) in [4.78, 5) is 0. The van der Waals surface area contributed by atoms with E-state index in [0.29, 0.717) is 33.6 Å². The topological polar surface area (TPSA) is 58.3 Å². The first-order valence-electron chi connectivity index (χ1n) is 6.10. The number of allylic oxidation sites excluding steroid dienone is 3. The second-order valence-corrected chi connectivity index (χ2v) is 6.14. The van der Waals surface area contributed by atoms with Crippen molar-refractivity contribution in [1.82, 2.24) is 0 Å². The largest absolute Gasteiger partial charge is 0.395 e. The molecule has 1 aromatic carbocycles. The van der Waals surface area contributed by atoms with Gasteiger partial charge in [0.25, 0.3) is 0 Å². The first kappa shape index (κ1) is 15.7. The van der Waals surface area contributed by atoms with E-state index in [-0.39, 0.29) is 6.61 Å². The number of nitrogens with two attached hydrogens (primary N) is 1. The van der Waals surface area contributed by atoms with Gasteiger partial charge in [0.1, 0.15) is 0 Å². The zero-order valence-electron chi connectivity index (χ0n) is 10.7. The van der Waals surface area contributed by atoms with Crippen molar-refractivity contribution in [3.8, 4) is 0 Å². The minimum atomic E-state index is -0.427. The fourth-order valence-corrected chi connectivity index (χ4v) is 2.97. The number of hydrazine groups is 1. The highest BCUT2D eigenvalue weighted by Crippen LogP contribution is 2.39. The maximum Gasteiger partial charge on any atom is 0.0528 e. The summed E-state index contributed by atoms with van der Waals surface area (Å²) in [5.41, 5.74) is 3.51. The van der Waals surface area contributed by atoms with Crippen LogP contribution >= 0.6 is 34.8 Å². The molecule has 0 saturated heterocycles. The van der Waals surface area contributed by atoms with Gasteiger partial charge >= 0.3 is 0 Å². The summed E-state index contributed by atoms with van der Waals surface area (Å²) in [6.45, 7) is -0.00623. The summed E-state index contributed by atoms with van der Waals surface area (Å²) in [5, 5.41) is 11.4. The lowest BCUT2D eigenvalue weighted by Crippen LogP contribution is -2.27. The Balaban J connectivity index is 2.32. The summed E-state index contributed by atoms with van der Waals surface area (Å²) in [6.07, 6.45) is 6.76. The fraction of sp³-hybridized carbons (Fsp3) is 0.286. The fourth-order valence-electron chi connectivity index (χ4n) is 2.20. The highest BCUT2D eigenvalue weighted by molar-refractivity contribution is 6.36. The van der Waals surface area contributed by atoms with E-state index >= 15 is 0 Å². The van der Waals surface area contributed by atoms with Gasteiger partial charge in [0.05, 0.1) is 12.3 Å². The number of rotatable bonds is 4. The molecule has 0 spiro atoms. The van der Waals surface area contributed by atoms with Crippen molar-refractivity contribution in [3.05, 3.63) is 51.0 Å². The predicted molar refractivity (Wildman–Crippen MR) is 85.2 cm³/mol. The summed E-state index contributed by atoms with van der Waals surface area (Å²) in [5.74, 6) is 5.35. The Labute approximate surface area is 133 Å². The van der Waals surface area contributed by atoms with Gasteiger partial charge < -0.3 is 10.5 Å². The minimum Gasteiger partial charge on any atom is -0.395 e. The van der Waals surface area contributed by atoms with E-state index < -0.39 is 5.41 Å². The third-order valence-corrected chi connectivity index (χ3v) is 4.41. The van der Waals surface area contributed by atoms with Crippen LogP contribution in [0.15, 0.2) is 35.4 Å². The molecule has 2 rings (SSSR count). The molecule has 1 aliphatic rings. The molecule has 0 bridgehead atoms. The lowest BCUT2D eigenvalue weighted by molar-refractivity contribution is 0.169. The van der Waals surface area contributed by atoms with Crippen molar-refractivity contribution in [2.75, 3.05) is 12.0 Å². The lowest BCUT2D eigenvalue weighted by Gasteiger charge is -2.30. The van der Waals surface area contributed by atoms with E-state index in [1.165, 1.54) is 0 Å². The molecule has 0 aromatic heterocycles. The molecule has 108 valence electrons. The molecule has 0 heterocycles. The third kappa shape index (κ3) is 3.30. The van der Waals surface area contributed by atoms with Crippen LogP contribution in [0.2, 0.25) is 10.0 Å². The Bertz CT molecular complexity index is 549. The van der Waals surface area contributed by atoms with E-state index in [0.717, 1.165) is 5.56 Å². The van der Waals surface area contributed by atoms with Gasteiger partial charge in [0.15, 0.2) is 0 Å². The Hall–Kier alpha value is -0.710. The number of anilines is 1. The zero-order chi connectivity index (χ0) is 14.8. The quantitative estimate of drug-likeness (QED) is 0.579. The average molecular weight is 334 g/mol. The van der Waals surface area contributed by atoms with Crippen LogP contribution in [0.5, 0.6) is 0 Å². The van der Waals surface area contributed by atoms with E-state index in [2.05, 4.69) is 5.43 Å². The molecule has 20 heavy (non-hydrogen) atoms. The molecular weight excluding hydrogens is 319 g/mol. The molecule has 0 saturated carbocycles.